The molecule has 9 nitrogen and oxygen atoms in total. The second kappa shape index (κ2) is 31.0. The maximum Gasteiger partial charge on any atom is 0.159 e. The predicted molar refractivity (Wildman–Crippen MR) is 356 cm³/mol. The van der Waals surface area contributed by atoms with Crippen molar-refractivity contribution >= 4 is 40.1 Å². The van der Waals surface area contributed by atoms with E-state index in [9.17, 15) is 13.6 Å². The van der Waals surface area contributed by atoms with Crippen LogP contribution >= 0.6 is 11.6 Å². The average molecular weight is 1200 g/mol. The van der Waals surface area contributed by atoms with Crippen LogP contribution in [0.3, 0.4) is 0 Å². The molecule has 7 saturated carbocycles. The van der Waals surface area contributed by atoms with Crippen molar-refractivity contribution < 1.29 is 13.6 Å². The van der Waals surface area contributed by atoms with Gasteiger partial charge >= 0.3 is 0 Å². The number of carbonyl (C=O) groups is 1. The van der Waals surface area contributed by atoms with Crippen LogP contribution < -0.4 is 19.6 Å². The molecule has 4 aliphatic heterocycles. The minimum atomic E-state index is -0.0905. The number of rotatable bonds is 10. The van der Waals surface area contributed by atoms with Crippen LogP contribution in [-0.2, 0) is 0 Å². The molecular weight excluding hydrogens is 1090 g/mol. The second-order valence-electron chi connectivity index (χ2n) is 28.2. The lowest BCUT2D eigenvalue weighted by molar-refractivity contribution is -0.0665. The Hall–Kier alpha value is -4.26. The lowest BCUT2D eigenvalue weighted by Gasteiger charge is -2.58. The minimum absolute atomic E-state index is 0.0885. The fourth-order valence-corrected chi connectivity index (χ4v) is 18.2. The number of hydrogen-bond donors (Lipinski definition) is 0. The van der Waals surface area contributed by atoms with Crippen LogP contribution in [0.25, 0.3) is 0 Å². The molecule has 2 atom stereocenters. The van der Waals surface area contributed by atoms with Crippen LogP contribution in [-0.4, -0.2) is 154 Å². The highest BCUT2D eigenvalue weighted by atomic mass is 35.5. The SMILES string of the molecule is CC(=O)c1ccc(N2CCN(C3C4CC5CC(C4)CC3C5)CC2)cc1.CC1CCCC(N2CCN(c3ccccc3F)CC2)C1.CCC1CCC(N2CCN(c3ccccc3F)CC2)CC1.Clc1cccc(N2CCN(C3CCCCCC3)CC2)c1. The number of benzene rings is 4. The van der Waals surface area contributed by atoms with Crippen molar-refractivity contribution in [2.75, 3.05) is 124 Å². The summed E-state index contributed by atoms with van der Waals surface area (Å²) in [6, 6.07) is 34.0. The largest absolute Gasteiger partial charge is 0.369 e. The third-order valence-corrected chi connectivity index (χ3v) is 23.0. The molecule has 4 heterocycles. The Kier molecular flexibility index (Phi) is 22.8. The lowest BCUT2D eigenvalue weighted by Crippen LogP contribution is -2.60. The van der Waals surface area contributed by atoms with Crippen LogP contribution in [0.4, 0.5) is 31.5 Å². The predicted octanol–water partition coefficient (Wildman–Crippen LogP) is 15.5. The van der Waals surface area contributed by atoms with Crippen molar-refractivity contribution in [1.82, 2.24) is 19.6 Å². The van der Waals surface area contributed by atoms with Gasteiger partial charge in [-0.05, 0) is 193 Å². The smallest absolute Gasteiger partial charge is 0.159 e. The van der Waals surface area contributed by atoms with E-state index in [1.165, 1.54) is 160 Å². The van der Waals surface area contributed by atoms with Gasteiger partial charge in [-0.3, -0.25) is 24.4 Å². The molecule has 4 bridgehead atoms. The molecule has 470 valence electrons. The van der Waals surface area contributed by atoms with Gasteiger partial charge in [0.2, 0.25) is 0 Å². The van der Waals surface area contributed by atoms with Gasteiger partial charge in [0.1, 0.15) is 11.6 Å². The Labute approximate surface area is 523 Å². The first kappa shape index (κ1) is 63.3. The molecule has 15 rings (SSSR count). The Morgan fingerprint density at radius 2 is 0.919 bits per heavy atom. The van der Waals surface area contributed by atoms with Crippen molar-refractivity contribution in [2.45, 2.75) is 173 Å². The minimum Gasteiger partial charge on any atom is -0.369 e. The molecule has 0 amide bonds. The van der Waals surface area contributed by atoms with Crippen LogP contribution in [0, 0.1) is 47.1 Å². The van der Waals surface area contributed by atoms with Gasteiger partial charge in [0.05, 0.1) is 11.4 Å². The maximum absolute atomic E-state index is 13.9. The molecule has 0 aromatic heterocycles. The van der Waals surface area contributed by atoms with E-state index in [0.717, 1.165) is 160 Å². The third kappa shape index (κ3) is 16.6. The molecule has 11 aliphatic rings. The van der Waals surface area contributed by atoms with Crippen molar-refractivity contribution in [3.63, 3.8) is 0 Å². The Bertz CT molecular complexity index is 2650. The molecule has 4 saturated heterocycles. The molecule has 0 N–H and O–H groups in total. The van der Waals surface area contributed by atoms with Gasteiger partial charge < -0.3 is 19.6 Å². The van der Waals surface area contributed by atoms with Crippen LogP contribution in [0.5, 0.6) is 0 Å². The summed E-state index contributed by atoms with van der Waals surface area (Å²) >= 11 is 6.10. The van der Waals surface area contributed by atoms with Crippen molar-refractivity contribution in [3.05, 3.63) is 119 Å². The monoisotopic (exact) mass is 1200 g/mol. The third-order valence-electron chi connectivity index (χ3n) is 22.7. The van der Waals surface area contributed by atoms with Gasteiger partial charge in [0.15, 0.2) is 5.78 Å². The van der Waals surface area contributed by atoms with Crippen LogP contribution in [0.15, 0.2) is 97.1 Å². The van der Waals surface area contributed by atoms with Gasteiger partial charge in [-0.2, -0.15) is 0 Å². The fourth-order valence-electron chi connectivity index (χ4n) is 18.0. The van der Waals surface area contributed by atoms with Gasteiger partial charge in [-0.15, -0.1) is 0 Å². The average Bonchev–Trinajstić information content (AvgIpc) is 1.31. The number of nitrogens with zero attached hydrogens (tertiary/aromatic N) is 8. The number of Topliss-reactive ketones (excluding diaryl/α,β-unsaturated/α-hetero) is 1. The van der Waals surface area contributed by atoms with E-state index in [1.807, 2.05) is 42.5 Å². The van der Waals surface area contributed by atoms with Gasteiger partial charge in [-0.1, -0.05) is 101 Å². The Morgan fingerprint density at radius 3 is 1.41 bits per heavy atom. The quantitative estimate of drug-likeness (QED) is 0.114. The topological polar surface area (TPSA) is 43.0 Å². The number of halogens is 3. The standard InChI is InChI=1S/C22H30N2O.C18H27FN2.C17H25ClN2.C17H25FN2/c1-15(25)18-2-4-21(5-3-18)23-6-8-24(9-7-23)22-19-11-16-10-17(13-19)14-20(22)12-16;1-2-15-7-9-16(10-8-15)20-11-13-21(14-12-20)18-6-4-3-5-17(18)19;18-15-6-5-9-17(14-15)20-12-10-19(11-13-20)16-7-3-1-2-4-8-16;1-14-5-4-6-15(13-14)19-9-11-20(12-10-19)17-8-3-2-7-16(17)18/h2-5,16-17,19-20,22H,6-14H2,1H3;3-6,15-16H,2,7-14H2,1H3;5-6,9,14,16H,1-4,7-8,10-13H2;2-3,7-8,14-15H,4-6,9-13H2,1H3. The highest BCUT2D eigenvalue weighted by molar-refractivity contribution is 6.30. The summed E-state index contributed by atoms with van der Waals surface area (Å²) in [4.78, 5) is 31.7. The number of para-hydroxylation sites is 2. The fraction of sp³-hybridized carbons (Fsp3) is 0.662. The van der Waals surface area contributed by atoms with E-state index in [2.05, 4.69) is 83.4 Å². The Balaban J connectivity index is 0.000000120. The molecule has 4 aromatic rings. The first-order valence-corrected chi connectivity index (χ1v) is 35.2. The molecule has 2 unspecified atom stereocenters. The second-order valence-corrected chi connectivity index (χ2v) is 28.6. The molecule has 0 radical (unpaired) electrons. The zero-order valence-corrected chi connectivity index (χ0v) is 53.8. The summed E-state index contributed by atoms with van der Waals surface area (Å²) in [5.74, 6) is 5.94. The summed E-state index contributed by atoms with van der Waals surface area (Å²) in [5, 5.41) is 0.841. The number of piperazine rings is 4. The summed E-state index contributed by atoms with van der Waals surface area (Å²) in [5.41, 5.74) is 4.90. The van der Waals surface area contributed by atoms with Crippen LogP contribution in [0.2, 0.25) is 5.02 Å². The molecule has 7 aliphatic carbocycles. The molecular formula is C74H107ClF2N8O. The van der Waals surface area contributed by atoms with Crippen molar-refractivity contribution in [1.29, 1.82) is 0 Å². The number of ketones is 1. The van der Waals surface area contributed by atoms with E-state index in [4.69, 9.17) is 11.6 Å². The van der Waals surface area contributed by atoms with Gasteiger partial charge in [0.25, 0.3) is 0 Å². The first-order valence-electron chi connectivity index (χ1n) is 34.8. The number of carbonyl (C=O) groups excluding carboxylic acids is 1. The van der Waals surface area contributed by atoms with E-state index < -0.39 is 0 Å². The van der Waals surface area contributed by atoms with Crippen molar-refractivity contribution in [3.8, 4) is 0 Å². The molecule has 4 aromatic carbocycles. The Morgan fingerprint density at radius 1 is 0.453 bits per heavy atom. The summed E-state index contributed by atoms with van der Waals surface area (Å²) in [6.07, 6.45) is 28.5. The normalized spacial score (nSPS) is 29.6. The zero-order valence-electron chi connectivity index (χ0n) is 53.1. The van der Waals surface area contributed by atoms with Gasteiger partial charge in [-0.25, -0.2) is 8.78 Å². The molecule has 12 heteroatoms. The maximum atomic E-state index is 13.9. The summed E-state index contributed by atoms with van der Waals surface area (Å²) in [7, 11) is 0. The molecule has 0 spiro atoms. The summed E-state index contributed by atoms with van der Waals surface area (Å²) < 4.78 is 27.7. The number of anilines is 4. The van der Waals surface area contributed by atoms with E-state index in [-0.39, 0.29) is 17.4 Å². The van der Waals surface area contributed by atoms with E-state index in [0.29, 0.717) is 0 Å². The molecule has 11 fully saturated rings. The van der Waals surface area contributed by atoms with Crippen molar-refractivity contribution in [2.24, 2.45) is 35.5 Å². The highest BCUT2D eigenvalue weighted by Crippen LogP contribution is 2.55. The van der Waals surface area contributed by atoms with Crippen LogP contribution in [0.1, 0.15) is 160 Å². The van der Waals surface area contributed by atoms with E-state index >= 15 is 0 Å². The van der Waals surface area contributed by atoms with Gasteiger partial charge in [0, 0.05) is 151 Å². The number of hydrogen-bond acceptors (Lipinski definition) is 9. The zero-order chi connectivity index (χ0) is 59.4. The van der Waals surface area contributed by atoms with E-state index in [1.54, 1.807) is 37.6 Å². The lowest BCUT2D eigenvalue weighted by atomic mass is 9.54. The molecule has 86 heavy (non-hydrogen) atoms. The highest BCUT2D eigenvalue weighted by Gasteiger charge is 2.50. The summed E-state index contributed by atoms with van der Waals surface area (Å²) in [6.45, 7) is 23.8. The first-order chi connectivity index (χ1) is 42.0.